The molecule has 0 aliphatic carbocycles. The molecule has 0 saturated heterocycles. The second-order valence-electron chi connectivity index (χ2n) is 5.74. The SMILES string of the molecule is Cc1ccccc1-c1cc2c(C(F)(F)F)nn(-c3ccccc3)c2o1. The largest absolute Gasteiger partial charge is 0.438 e. The zero-order chi connectivity index (χ0) is 17.6. The average Bonchev–Trinajstić information content (AvgIpc) is 3.14. The van der Waals surface area contributed by atoms with Crippen molar-refractivity contribution in [3.05, 3.63) is 71.9 Å². The lowest BCUT2D eigenvalue weighted by molar-refractivity contribution is -0.140. The van der Waals surface area contributed by atoms with Gasteiger partial charge in [0.1, 0.15) is 5.76 Å². The van der Waals surface area contributed by atoms with Crippen LogP contribution in [0.5, 0.6) is 0 Å². The Hall–Kier alpha value is -3.02. The number of hydrogen-bond acceptors (Lipinski definition) is 2. The molecule has 2 aromatic heterocycles. The monoisotopic (exact) mass is 342 g/mol. The maximum Gasteiger partial charge on any atom is 0.435 e. The summed E-state index contributed by atoms with van der Waals surface area (Å²) in [6.45, 7) is 1.89. The third-order valence-electron chi connectivity index (χ3n) is 4.04. The number of aromatic nitrogens is 2. The molecule has 0 atom stereocenters. The van der Waals surface area contributed by atoms with Crippen molar-refractivity contribution in [2.24, 2.45) is 0 Å². The highest BCUT2D eigenvalue weighted by molar-refractivity contribution is 5.85. The summed E-state index contributed by atoms with van der Waals surface area (Å²) in [7, 11) is 0. The van der Waals surface area contributed by atoms with Crippen molar-refractivity contribution in [3.63, 3.8) is 0 Å². The van der Waals surface area contributed by atoms with Crippen molar-refractivity contribution >= 4 is 11.1 Å². The molecule has 0 unspecified atom stereocenters. The molecule has 0 aliphatic rings. The maximum atomic E-state index is 13.4. The van der Waals surface area contributed by atoms with Crippen LogP contribution in [0.3, 0.4) is 0 Å². The molecule has 0 N–H and O–H groups in total. The minimum atomic E-state index is -4.56. The first kappa shape index (κ1) is 15.5. The number of hydrogen-bond donors (Lipinski definition) is 0. The summed E-state index contributed by atoms with van der Waals surface area (Å²) < 4.78 is 47.3. The van der Waals surface area contributed by atoms with E-state index in [9.17, 15) is 13.2 Å². The van der Waals surface area contributed by atoms with Gasteiger partial charge < -0.3 is 4.42 Å². The summed E-state index contributed by atoms with van der Waals surface area (Å²) in [5.74, 6) is 0.390. The van der Waals surface area contributed by atoms with E-state index in [1.807, 2.05) is 31.2 Å². The van der Waals surface area contributed by atoms with Gasteiger partial charge in [-0.15, -0.1) is 0 Å². The Morgan fingerprint density at radius 3 is 2.32 bits per heavy atom. The number of benzene rings is 2. The van der Waals surface area contributed by atoms with Crippen molar-refractivity contribution in [2.45, 2.75) is 13.1 Å². The molecule has 6 heteroatoms. The van der Waals surface area contributed by atoms with E-state index in [0.717, 1.165) is 11.1 Å². The summed E-state index contributed by atoms with van der Waals surface area (Å²) in [5, 5.41) is 3.70. The normalized spacial score (nSPS) is 12.0. The quantitative estimate of drug-likeness (QED) is 0.474. The summed E-state index contributed by atoms with van der Waals surface area (Å²) in [4.78, 5) is 0. The fourth-order valence-corrected chi connectivity index (χ4v) is 2.84. The third kappa shape index (κ3) is 2.59. The second-order valence-corrected chi connectivity index (χ2v) is 5.74. The van der Waals surface area contributed by atoms with Crippen LogP contribution < -0.4 is 0 Å². The third-order valence-corrected chi connectivity index (χ3v) is 4.04. The highest BCUT2D eigenvalue weighted by atomic mass is 19.4. The van der Waals surface area contributed by atoms with Gasteiger partial charge in [0.25, 0.3) is 0 Å². The van der Waals surface area contributed by atoms with Gasteiger partial charge in [-0.2, -0.15) is 23.0 Å². The van der Waals surface area contributed by atoms with Crippen LogP contribution in [0.4, 0.5) is 13.2 Å². The van der Waals surface area contributed by atoms with Crippen molar-refractivity contribution in [1.82, 2.24) is 9.78 Å². The van der Waals surface area contributed by atoms with Crippen LogP contribution in [0.2, 0.25) is 0 Å². The number of fused-ring (bicyclic) bond motifs is 1. The van der Waals surface area contributed by atoms with Crippen LogP contribution in [0, 0.1) is 6.92 Å². The highest BCUT2D eigenvalue weighted by Gasteiger charge is 2.38. The molecule has 3 nitrogen and oxygen atoms in total. The molecular formula is C19H13F3N2O. The van der Waals surface area contributed by atoms with Crippen LogP contribution in [-0.4, -0.2) is 9.78 Å². The summed E-state index contributed by atoms with van der Waals surface area (Å²) in [6, 6.07) is 17.4. The first-order valence-electron chi connectivity index (χ1n) is 7.66. The van der Waals surface area contributed by atoms with Crippen LogP contribution in [0.1, 0.15) is 11.3 Å². The number of furan rings is 1. The zero-order valence-corrected chi connectivity index (χ0v) is 13.2. The number of halogens is 3. The standard InChI is InChI=1S/C19H13F3N2O/c1-12-7-5-6-10-14(12)16-11-15-17(19(20,21)22)23-24(18(15)25-16)13-8-3-2-4-9-13/h2-11H,1H3. The molecule has 0 radical (unpaired) electrons. The van der Waals surface area contributed by atoms with E-state index in [4.69, 9.17) is 4.42 Å². The van der Waals surface area contributed by atoms with Gasteiger partial charge in [-0.05, 0) is 30.7 Å². The van der Waals surface area contributed by atoms with Crippen molar-refractivity contribution in [2.75, 3.05) is 0 Å². The van der Waals surface area contributed by atoms with Crippen LogP contribution in [0.15, 0.2) is 65.1 Å². The lowest BCUT2D eigenvalue weighted by atomic mass is 10.1. The molecule has 0 aliphatic heterocycles. The molecule has 0 fully saturated rings. The lowest BCUT2D eigenvalue weighted by Gasteiger charge is -2.04. The van der Waals surface area contributed by atoms with Gasteiger partial charge in [-0.25, -0.2) is 0 Å². The van der Waals surface area contributed by atoms with Gasteiger partial charge in [0, 0.05) is 5.56 Å². The summed E-state index contributed by atoms with van der Waals surface area (Å²) >= 11 is 0. The Balaban J connectivity index is 2.00. The molecule has 0 amide bonds. The predicted molar refractivity (Wildman–Crippen MR) is 88.5 cm³/mol. The Morgan fingerprint density at radius 1 is 0.960 bits per heavy atom. The van der Waals surface area contributed by atoms with E-state index >= 15 is 0 Å². The number of alkyl halides is 3. The lowest BCUT2D eigenvalue weighted by Crippen LogP contribution is -2.07. The van der Waals surface area contributed by atoms with Gasteiger partial charge in [-0.3, -0.25) is 0 Å². The Labute approximate surface area is 141 Å². The number of para-hydroxylation sites is 1. The fraction of sp³-hybridized carbons (Fsp3) is 0.105. The van der Waals surface area contributed by atoms with E-state index in [0.29, 0.717) is 11.4 Å². The smallest absolute Gasteiger partial charge is 0.435 e. The molecule has 0 spiro atoms. The Kier molecular flexibility index (Phi) is 3.42. The van der Waals surface area contributed by atoms with E-state index in [-0.39, 0.29) is 11.1 Å². The topological polar surface area (TPSA) is 31.0 Å². The molecule has 4 aromatic rings. The molecular weight excluding hydrogens is 329 g/mol. The molecule has 2 aromatic carbocycles. The highest BCUT2D eigenvalue weighted by Crippen LogP contribution is 2.39. The molecule has 0 bridgehead atoms. The second kappa shape index (κ2) is 5.51. The Bertz CT molecular complexity index is 1050. The molecule has 4 rings (SSSR count). The van der Waals surface area contributed by atoms with Gasteiger partial charge in [0.15, 0.2) is 5.69 Å². The van der Waals surface area contributed by atoms with E-state index in [1.54, 1.807) is 30.3 Å². The Morgan fingerprint density at radius 2 is 1.64 bits per heavy atom. The van der Waals surface area contributed by atoms with Gasteiger partial charge >= 0.3 is 6.18 Å². The van der Waals surface area contributed by atoms with E-state index in [2.05, 4.69) is 5.10 Å². The van der Waals surface area contributed by atoms with E-state index < -0.39 is 11.9 Å². The number of nitrogens with zero attached hydrogens (tertiary/aromatic N) is 2. The zero-order valence-electron chi connectivity index (χ0n) is 13.2. The summed E-state index contributed by atoms with van der Waals surface area (Å²) in [5.41, 5.74) is 1.32. The van der Waals surface area contributed by atoms with Crippen LogP contribution in [-0.2, 0) is 6.18 Å². The van der Waals surface area contributed by atoms with Crippen molar-refractivity contribution < 1.29 is 17.6 Å². The van der Waals surface area contributed by atoms with Gasteiger partial charge in [0.2, 0.25) is 5.71 Å². The summed E-state index contributed by atoms with van der Waals surface area (Å²) in [6.07, 6.45) is -4.56. The van der Waals surface area contributed by atoms with Crippen molar-refractivity contribution in [1.29, 1.82) is 0 Å². The number of aryl methyl sites for hydroxylation is 1. The number of rotatable bonds is 2. The van der Waals surface area contributed by atoms with E-state index in [1.165, 1.54) is 10.7 Å². The minimum Gasteiger partial charge on any atom is -0.438 e. The minimum absolute atomic E-state index is 0.0467. The molecule has 0 saturated carbocycles. The van der Waals surface area contributed by atoms with Gasteiger partial charge in [0.05, 0.1) is 11.1 Å². The molecule has 2 heterocycles. The van der Waals surface area contributed by atoms with Crippen LogP contribution in [0.25, 0.3) is 28.1 Å². The first-order chi connectivity index (χ1) is 11.9. The van der Waals surface area contributed by atoms with Gasteiger partial charge in [-0.1, -0.05) is 42.5 Å². The maximum absolute atomic E-state index is 13.4. The first-order valence-corrected chi connectivity index (χ1v) is 7.66. The predicted octanol–water partition coefficient (Wildman–Crippen LogP) is 5.61. The van der Waals surface area contributed by atoms with Crippen molar-refractivity contribution in [3.8, 4) is 17.0 Å². The molecule has 126 valence electrons. The molecule has 25 heavy (non-hydrogen) atoms. The van der Waals surface area contributed by atoms with Crippen LogP contribution >= 0.6 is 0 Å². The average molecular weight is 342 g/mol. The fourth-order valence-electron chi connectivity index (χ4n) is 2.84.